The molecule has 0 spiro atoms. The largest absolute Gasteiger partial charge is 0.441 e. The van der Waals surface area contributed by atoms with Crippen molar-refractivity contribution >= 4 is 26.6 Å². The quantitative estimate of drug-likeness (QED) is 0.457. The summed E-state index contributed by atoms with van der Waals surface area (Å²) in [6, 6.07) is 6.83. The summed E-state index contributed by atoms with van der Waals surface area (Å²) in [5, 5.41) is 13.4. The summed E-state index contributed by atoms with van der Waals surface area (Å²) in [5.74, 6) is 1.22. The van der Waals surface area contributed by atoms with E-state index in [1.54, 1.807) is 12.4 Å². The Kier molecular flexibility index (Phi) is 4.90. The highest BCUT2D eigenvalue weighted by molar-refractivity contribution is 7.91. The molecule has 1 fully saturated rings. The molecule has 9 nitrogen and oxygen atoms in total. The number of aryl methyl sites for hydroxylation is 1. The molecular weight excluding hydrogens is 428 g/mol. The number of hydrogen-bond acceptors (Lipinski definition) is 8. The normalized spacial score (nSPS) is 18.2. The van der Waals surface area contributed by atoms with E-state index in [1.807, 2.05) is 25.3 Å². The number of nitrogens with zero attached hydrogens (tertiary/aromatic N) is 4. The fourth-order valence-electron chi connectivity index (χ4n) is 4.04. The molecule has 4 aromatic rings. The molecule has 1 aliphatic carbocycles. The first kappa shape index (κ1) is 20.2. The zero-order chi connectivity index (χ0) is 22.3. The van der Waals surface area contributed by atoms with Gasteiger partial charge in [0.1, 0.15) is 11.4 Å². The fraction of sp³-hybridized carbons (Fsp3) is 0.273. The van der Waals surface area contributed by atoms with Crippen LogP contribution in [0.25, 0.3) is 22.5 Å². The molecule has 1 saturated carbocycles. The van der Waals surface area contributed by atoms with Crippen LogP contribution < -0.4 is 5.32 Å². The van der Waals surface area contributed by atoms with Gasteiger partial charge < -0.3 is 14.7 Å². The average molecular weight is 449 g/mol. The van der Waals surface area contributed by atoms with Gasteiger partial charge in [-0.3, -0.25) is 0 Å². The highest BCUT2D eigenvalue weighted by atomic mass is 32.2. The van der Waals surface area contributed by atoms with Gasteiger partial charge in [-0.05, 0) is 43.9 Å². The van der Waals surface area contributed by atoms with Crippen LogP contribution in [0, 0.1) is 24.2 Å². The van der Waals surface area contributed by atoms with Crippen molar-refractivity contribution < 1.29 is 12.8 Å². The topological polar surface area (TPSA) is 138 Å². The molecule has 0 saturated heterocycles. The third-order valence-corrected chi connectivity index (χ3v) is 7.43. The molecule has 0 aliphatic heterocycles. The lowest BCUT2D eigenvalue weighted by atomic mass is 9.81. The smallest absolute Gasteiger partial charge is 0.229 e. The van der Waals surface area contributed by atoms with E-state index >= 15 is 0 Å². The molecule has 4 heterocycles. The summed E-state index contributed by atoms with van der Waals surface area (Å²) >= 11 is 0. The minimum Gasteiger partial charge on any atom is -0.441 e. The Morgan fingerprint density at radius 3 is 2.84 bits per heavy atom. The maximum absolute atomic E-state index is 12.7. The van der Waals surface area contributed by atoms with Gasteiger partial charge in [0.25, 0.3) is 0 Å². The Morgan fingerprint density at radius 1 is 1.25 bits per heavy atom. The molecular formula is C22H20N6O3S. The van der Waals surface area contributed by atoms with E-state index in [9.17, 15) is 8.42 Å². The van der Waals surface area contributed by atoms with Crippen LogP contribution in [-0.2, 0) is 9.84 Å². The maximum atomic E-state index is 12.7. The second kappa shape index (κ2) is 7.76. The van der Waals surface area contributed by atoms with Crippen LogP contribution in [0.1, 0.15) is 24.2 Å². The lowest BCUT2D eigenvalue weighted by Crippen LogP contribution is -2.39. The number of sulfone groups is 1. The Morgan fingerprint density at radius 2 is 2.09 bits per heavy atom. The molecule has 0 radical (unpaired) electrons. The summed E-state index contributed by atoms with van der Waals surface area (Å²) in [6.45, 7) is 1.84. The van der Waals surface area contributed by atoms with E-state index in [0.29, 0.717) is 24.5 Å². The van der Waals surface area contributed by atoms with Gasteiger partial charge in [0.2, 0.25) is 5.89 Å². The third-order valence-electron chi connectivity index (χ3n) is 5.66. The second-order valence-corrected chi connectivity index (χ2v) is 10.00. The van der Waals surface area contributed by atoms with Crippen molar-refractivity contribution in [3.05, 3.63) is 54.3 Å². The molecule has 32 heavy (non-hydrogen) atoms. The summed E-state index contributed by atoms with van der Waals surface area (Å²) in [6.07, 6.45) is 7.98. The van der Waals surface area contributed by atoms with Crippen LogP contribution in [0.4, 0.5) is 5.69 Å². The molecule has 0 unspecified atom stereocenters. The number of nitrogens with one attached hydrogen (secondary N) is 2. The van der Waals surface area contributed by atoms with Crippen molar-refractivity contribution in [3.8, 4) is 17.5 Å². The van der Waals surface area contributed by atoms with Crippen molar-refractivity contribution in [2.45, 2.75) is 30.8 Å². The van der Waals surface area contributed by atoms with Crippen LogP contribution in [0.5, 0.6) is 0 Å². The van der Waals surface area contributed by atoms with Crippen LogP contribution in [0.15, 0.2) is 52.4 Å². The number of aromatic nitrogens is 4. The van der Waals surface area contributed by atoms with E-state index in [4.69, 9.17) is 9.68 Å². The molecule has 2 N–H and O–H groups in total. The lowest BCUT2D eigenvalue weighted by Gasteiger charge is -2.36. The van der Waals surface area contributed by atoms with Crippen molar-refractivity contribution in [2.75, 3.05) is 11.1 Å². The zero-order valence-electron chi connectivity index (χ0n) is 17.2. The number of aromatic amines is 1. The van der Waals surface area contributed by atoms with Gasteiger partial charge >= 0.3 is 0 Å². The van der Waals surface area contributed by atoms with Gasteiger partial charge in [-0.15, -0.1) is 0 Å². The van der Waals surface area contributed by atoms with Gasteiger partial charge in [0.15, 0.2) is 14.9 Å². The molecule has 10 heteroatoms. The molecule has 162 valence electrons. The third kappa shape index (κ3) is 3.71. The highest BCUT2D eigenvalue weighted by Crippen LogP contribution is 2.38. The average Bonchev–Trinajstić information content (AvgIpc) is 3.41. The number of oxazole rings is 1. The standard InChI is InChI=1S/C22H20N6O3S/c1-13-10-27-22(31-13)18-11-26-21-17(3-5-25-21)20(18)28-16-6-15(7-16)12-32(29,30)19-8-14(9-23)2-4-24-19/h2-5,8,10-11,15-16H,6-7,12H2,1H3,(H2,25,26,28). The van der Waals surface area contributed by atoms with Gasteiger partial charge in [-0.2, -0.15) is 5.26 Å². The van der Waals surface area contributed by atoms with E-state index < -0.39 is 9.84 Å². The Balaban J connectivity index is 1.32. The number of rotatable bonds is 6. The first-order valence-electron chi connectivity index (χ1n) is 10.2. The van der Waals surface area contributed by atoms with E-state index in [0.717, 1.165) is 22.3 Å². The number of H-pyrrole nitrogens is 1. The molecule has 4 aromatic heterocycles. The monoisotopic (exact) mass is 448 g/mol. The van der Waals surface area contributed by atoms with Crippen molar-refractivity contribution in [2.24, 2.45) is 5.92 Å². The predicted molar refractivity (Wildman–Crippen MR) is 117 cm³/mol. The van der Waals surface area contributed by atoms with E-state index in [2.05, 4.69) is 25.3 Å². The van der Waals surface area contributed by atoms with Gasteiger partial charge in [-0.1, -0.05) is 0 Å². The Hall–Kier alpha value is -3.71. The lowest BCUT2D eigenvalue weighted by molar-refractivity contribution is 0.310. The van der Waals surface area contributed by atoms with Crippen molar-refractivity contribution in [1.82, 2.24) is 19.9 Å². The number of nitriles is 1. The van der Waals surface area contributed by atoms with Crippen LogP contribution >= 0.6 is 0 Å². The summed E-state index contributed by atoms with van der Waals surface area (Å²) in [7, 11) is -3.55. The molecule has 1 aliphatic rings. The molecule has 0 atom stereocenters. The highest BCUT2D eigenvalue weighted by Gasteiger charge is 2.34. The first-order chi connectivity index (χ1) is 15.4. The first-order valence-corrected chi connectivity index (χ1v) is 11.8. The molecule has 0 amide bonds. The van der Waals surface area contributed by atoms with Crippen LogP contribution in [-0.4, -0.2) is 40.1 Å². The molecule has 0 aromatic carbocycles. The number of fused-ring (bicyclic) bond motifs is 1. The van der Waals surface area contributed by atoms with Gasteiger partial charge in [0.05, 0.1) is 34.8 Å². The fourth-order valence-corrected chi connectivity index (χ4v) is 5.63. The van der Waals surface area contributed by atoms with E-state index in [-0.39, 0.29) is 28.3 Å². The Bertz CT molecular complexity index is 1440. The predicted octanol–water partition coefficient (Wildman–Crippen LogP) is 3.46. The van der Waals surface area contributed by atoms with Gasteiger partial charge in [-0.25, -0.2) is 23.4 Å². The summed E-state index contributed by atoms with van der Waals surface area (Å²) in [4.78, 5) is 15.8. The van der Waals surface area contributed by atoms with Crippen LogP contribution in [0.2, 0.25) is 0 Å². The Labute approximate surface area is 184 Å². The minimum absolute atomic E-state index is 0.00869. The number of hydrogen-bond donors (Lipinski definition) is 2. The van der Waals surface area contributed by atoms with E-state index in [1.165, 1.54) is 18.3 Å². The second-order valence-electron chi connectivity index (χ2n) is 8.02. The summed E-state index contributed by atoms with van der Waals surface area (Å²) in [5.41, 5.74) is 2.67. The molecule has 0 bridgehead atoms. The zero-order valence-corrected chi connectivity index (χ0v) is 18.1. The maximum Gasteiger partial charge on any atom is 0.229 e. The SMILES string of the molecule is Cc1cnc(-c2cnc3[nH]ccc3c2NC2CC(CS(=O)(=O)c3cc(C#N)ccn3)C2)o1. The number of pyridine rings is 2. The van der Waals surface area contributed by atoms with Gasteiger partial charge in [0, 0.05) is 30.0 Å². The molecule has 5 rings (SSSR count). The summed E-state index contributed by atoms with van der Waals surface area (Å²) < 4.78 is 31.2. The minimum atomic E-state index is -3.55. The number of anilines is 1. The van der Waals surface area contributed by atoms with Crippen molar-refractivity contribution in [1.29, 1.82) is 5.26 Å². The van der Waals surface area contributed by atoms with Crippen molar-refractivity contribution in [3.63, 3.8) is 0 Å². The van der Waals surface area contributed by atoms with Crippen LogP contribution in [0.3, 0.4) is 0 Å².